The molecule has 8 rings (SSSR count). The molecule has 76 heavy (non-hydrogen) atoms. The molecule has 3 fully saturated rings. The van der Waals surface area contributed by atoms with Crippen LogP contribution in [0.4, 0.5) is 0 Å². The van der Waals surface area contributed by atoms with E-state index in [1.54, 1.807) is 6.20 Å². The molecule has 0 unspecified atom stereocenters. The first kappa shape index (κ1) is 59.0. The van der Waals surface area contributed by atoms with Crippen molar-refractivity contribution in [3.05, 3.63) is 152 Å². The van der Waals surface area contributed by atoms with E-state index in [9.17, 15) is 15.0 Å². The highest BCUT2D eigenvalue weighted by Crippen LogP contribution is 2.43. The van der Waals surface area contributed by atoms with Gasteiger partial charge >= 0.3 is 13.1 Å². The highest BCUT2D eigenvalue weighted by molar-refractivity contribution is 6.62. The average molecular weight is 1040 g/mol. The number of nitrogens with zero attached hydrogens (tertiary/aromatic N) is 1. The fourth-order valence-corrected chi connectivity index (χ4v) is 12.2. The summed E-state index contributed by atoms with van der Waals surface area (Å²) in [4.78, 5) is 16.1. The number of methoxy groups -OCH3 is 1. The predicted molar refractivity (Wildman–Crippen MR) is 309 cm³/mol. The van der Waals surface area contributed by atoms with Gasteiger partial charge in [0.1, 0.15) is 0 Å². The Labute approximate surface area is 457 Å². The standard InChI is InChI=1S/C34H43NO4.C32H47BO4/c1-6-34(7-2,29-9-8-27(24(3)18-29)12-13-33(37)14-16-39-17-15-33)30-10-11-31(25(4)19-30)28-20-26(22-35-23-28)21-32(36)38-5;1-9-32(10-2,26-12-11-25(23(3)21-26)15-16-31(34)17-19-35-20-18-31)27-13-14-28(24(4)22-27)33-36-29(5,6)30(7,8)37-33/h8-11,18-20,22-23,37H,6-7,12-17,21H2,1-5H3;11-14,21-22,34H,9-10,15-20H2,1-8H3. The number of pyridine rings is 1. The van der Waals surface area contributed by atoms with Crippen molar-refractivity contribution in [2.45, 2.75) is 200 Å². The lowest BCUT2D eigenvalue weighted by molar-refractivity contribution is -0.139. The first-order chi connectivity index (χ1) is 36.1. The molecule has 0 aliphatic carbocycles. The maximum absolute atomic E-state index is 11.8. The summed E-state index contributed by atoms with van der Waals surface area (Å²) in [5, 5.41) is 21.8. The first-order valence-corrected chi connectivity index (χ1v) is 28.5. The number of ether oxygens (including phenoxy) is 3. The van der Waals surface area contributed by atoms with Crippen LogP contribution in [0.2, 0.25) is 0 Å². The maximum atomic E-state index is 11.8. The lowest BCUT2D eigenvalue weighted by Crippen LogP contribution is -2.41. The van der Waals surface area contributed by atoms with Crippen LogP contribution in [-0.2, 0) is 58.4 Å². The number of aromatic nitrogens is 1. The minimum absolute atomic E-state index is 0.0541. The van der Waals surface area contributed by atoms with E-state index in [0.29, 0.717) is 26.4 Å². The molecular formula is C66H90BNO8. The van der Waals surface area contributed by atoms with Crippen LogP contribution in [0.5, 0.6) is 0 Å². The smallest absolute Gasteiger partial charge is 0.469 e. The average Bonchev–Trinajstić information content (AvgIpc) is 3.64. The minimum atomic E-state index is -0.604. The zero-order valence-corrected chi connectivity index (χ0v) is 48.5. The Hall–Kier alpha value is -4.68. The molecule has 5 aromatic rings. The maximum Gasteiger partial charge on any atom is 0.495 e. The van der Waals surface area contributed by atoms with E-state index >= 15 is 0 Å². The number of benzene rings is 4. The van der Waals surface area contributed by atoms with Gasteiger partial charge in [-0.15, -0.1) is 0 Å². The van der Waals surface area contributed by atoms with E-state index in [0.717, 1.165) is 99.2 Å². The summed E-state index contributed by atoms with van der Waals surface area (Å²) in [7, 11) is 1.06. The third-order valence-corrected chi connectivity index (χ3v) is 18.6. The number of aliphatic hydroxyl groups is 2. The van der Waals surface area contributed by atoms with Crippen molar-refractivity contribution in [3.63, 3.8) is 0 Å². The molecule has 4 heterocycles. The SMILES string of the molecule is CCC(CC)(c1ccc(CCC2(O)CCOCC2)c(C)c1)c1ccc(-c2cncc(CC(=O)OC)c2)c(C)c1.CCC(CC)(c1ccc(CCC2(O)CCOCC2)c(C)c1)c1ccc(B2OC(C)(C)C(C)(C)O2)c(C)c1. The van der Waals surface area contributed by atoms with E-state index in [2.05, 4.69) is 161 Å². The van der Waals surface area contributed by atoms with Gasteiger partial charge in [0.25, 0.3) is 0 Å². The van der Waals surface area contributed by atoms with Crippen molar-refractivity contribution in [1.29, 1.82) is 0 Å². The molecule has 1 aromatic heterocycles. The van der Waals surface area contributed by atoms with Crippen molar-refractivity contribution >= 4 is 18.6 Å². The molecule has 0 bridgehead atoms. The second-order valence-corrected chi connectivity index (χ2v) is 23.6. The molecule has 2 N–H and O–H groups in total. The van der Waals surface area contributed by atoms with Gasteiger partial charge in [-0.25, -0.2) is 0 Å². The number of carbonyl (C=O) groups excluding carboxylic acids is 1. The van der Waals surface area contributed by atoms with E-state index in [1.165, 1.54) is 62.7 Å². The number of esters is 1. The van der Waals surface area contributed by atoms with Crippen LogP contribution in [0.15, 0.2) is 91.3 Å². The Kier molecular flexibility index (Phi) is 19.1. The molecule has 0 spiro atoms. The fraction of sp³-hybridized carbons (Fsp3) is 0.545. The largest absolute Gasteiger partial charge is 0.495 e. The third kappa shape index (κ3) is 12.9. The molecule has 10 heteroatoms. The molecule has 410 valence electrons. The van der Waals surface area contributed by atoms with Crippen molar-refractivity contribution < 1.29 is 38.5 Å². The molecule has 4 aromatic carbocycles. The van der Waals surface area contributed by atoms with Gasteiger partial charge < -0.3 is 33.7 Å². The summed E-state index contributed by atoms with van der Waals surface area (Å²) in [6, 6.07) is 29.6. The molecule has 0 amide bonds. The highest BCUT2D eigenvalue weighted by Gasteiger charge is 2.52. The molecule has 9 nitrogen and oxygen atoms in total. The van der Waals surface area contributed by atoms with Gasteiger partial charge in [0.2, 0.25) is 0 Å². The second kappa shape index (κ2) is 24.6. The van der Waals surface area contributed by atoms with Gasteiger partial charge in [-0.1, -0.05) is 106 Å². The van der Waals surface area contributed by atoms with E-state index in [4.69, 9.17) is 23.5 Å². The van der Waals surface area contributed by atoms with E-state index in [-0.39, 0.29) is 41.5 Å². The van der Waals surface area contributed by atoms with E-state index in [1.807, 2.05) is 12.3 Å². The molecule has 0 atom stereocenters. The van der Waals surface area contributed by atoms with Crippen LogP contribution in [-0.4, -0.2) is 84.2 Å². The van der Waals surface area contributed by atoms with Crippen molar-refractivity contribution in [1.82, 2.24) is 4.98 Å². The number of carbonyl (C=O) groups is 1. The third-order valence-electron chi connectivity index (χ3n) is 18.6. The van der Waals surface area contributed by atoms with Crippen molar-refractivity contribution in [2.24, 2.45) is 0 Å². The van der Waals surface area contributed by atoms with Gasteiger partial charge in [-0.05, 0) is 205 Å². The van der Waals surface area contributed by atoms with Crippen molar-refractivity contribution in [2.75, 3.05) is 33.5 Å². The van der Waals surface area contributed by atoms with Gasteiger partial charge in [0.15, 0.2) is 0 Å². The zero-order chi connectivity index (χ0) is 55.1. The van der Waals surface area contributed by atoms with Crippen LogP contribution in [0.25, 0.3) is 11.1 Å². The molecule has 0 saturated carbocycles. The molecular weight excluding hydrogens is 946 g/mol. The zero-order valence-electron chi connectivity index (χ0n) is 48.5. The monoisotopic (exact) mass is 1040 g/mol. The Morgan fingerprint density at radius 3 is 1.42 bits per heavy atom. The molecule has 3 saturated heterocycles. The molecule has 0 radical (unpaired) electrons. The van der Waals surface area contributed by atoms with Gasteiger partial charge in [0.05, 0.1) is 35.9 Å². The topological polar surface area (TPSA) is 117 Å². The predicted octanol–water partition coefficient (Wildman–Crippen LogP) is 12.8. The molecule has 3 aliphatic rings. The summed E-state index contributed by atoms with van der Waals surface area (Å²) in [5.74, 6) is -0.266. The number of aryl methyl sites for hydroxylation is 6. The van der Waals surface area contributed by atoms with Crippen LogP contribution >= 0.6 is 0 Å². The van der Waals surface area contributed by atoms with Crippen LogP contribution in [0.3, 0.4) is 0 Å². The lowest BCUT2D eigenvalue weighted by atomic mass is 9.67. The van der Waals surface area contributed by atoms with E-state index < -0.39 is 11.2 Å². The second-order valence-electron chi connectivity index (χ2n) is 23.6. The lowest BCUT2D eigenvalue weighted by Gasteiger charge is -2.35. The Bertz CT molecular complexity index is 2740. The number of rotatable bonds is 18. The quantitative estimate of drug-likeness (QED) is 0.0654. The van der Waals surface area contributed by atoms with Crippen molar-refractivity contribution in [3.8, 4) is 11.1 Å². The molecule has 3 aliphatic heterocycles. The summed E-state index contributed by atoms with van der Waals surface area (Å²) < 4.78 is 28.4. The normalized spacial score (nSPS) is 18.0. The summed E-state index contributed by atoms with van der Waals surface area (Å²) in [6.07, 6.45) is 14.1. The number of hydrogen-bond acceptors (Lipinski definition) is 9. The van der Waals surface area contributed by atoms with Crippen LogP contribution in [0, 0.1) is 27.7 Å². The van der Waals surface area contributed by atoms with Gasteiger partial charge in [0, 0.05) is 55.2 Å². The fourth-order valence-electron chi connectivity index (χ4n) is 12.2. The Morgan fingerprint density at radius 1 is 0.592 bits per heavy atom. The Morgan fingerprint density at radius 2 is 1.01 bits per heavy atom. The van der Waals surface area contributed by atoms with Crippen LogP contribution in [0.1, 0.15) is 181 Å². The Balaban J connectivity index is 0.000000221. The number of hydrogen-bond donors (Lipinski definition) is 2. The van der Waals surface area contributed by atoms with Crippen LogP contribution < -0.4 is 5.46 Å². The summed E-state index contributed by atoms with van der Waals surface area (Å²) in [5.41, 5.74) is 15.1. The van der Waals surface area contributed by atoms with Gasteiger partial charge in [-0.3, -0.25) is 9.78 Å². The first-order valence-electron chi connectivity index (χ1n) is 28.5. The highest BCUT2D eigenvalue weighted by atomic mass is 16.7. The minimum Gasteiger partial charge on any atom is -0.469 e. The summed E-state index contributed by atoms with van der Waals surface area (Å²) >= 11 is 0. The van der Waals surface area contributed by atoms with Gasteiger partial charge in [-0.2, -0.15) is 0 Å². The summed E-state index contributed by atoms with van der Waals surface area (Å²) in [6.45, 7) is 28.9.